The Bertz CT molecular complexity index is 983. The fraction of sp³-hybridized carbons (Fsp3) is 0.350. The van der Waals surface area contributed by atoms with Crippen LogP contribution in [0.15, 0.2) is 47.4 Å². The molecule has 1 aromatic carbocycles. The summed E-state index contributed by atoms with van der Waals surface area (Å²) in [6, 6.07) is 11.9. The molecule has 5 nitrogen and oxygen atoms in total. The number of likely N-dealkylation sites (tertiary alicyclic amines) is 1. The summed E-state index contributed by atoms with van der Waals surface area (Å²) in [7, 11) is 2.11. The molecule has 1 fully saturated rings. The second-order valence-corrected chi connectivity index (χ2v) is 7.35. The van der Waals surface area contributed by atoms with Crippen LogP contribution >= 0.6 is 11.6 Å². The van der Waals surface area contributed by atoms with Crippen LogP contribution in [-0.2, 0) is 13.0 Å². The van der Waals surface area contributed by atoms with Crippen LogP contribution < -0.4 is 5.56 Å². The third-order valence-corrected chi connectivity index (χ3v) is 5.39. The van der Waals surface area contributed by atoms with Gasteiger partial charge in [0.25, 0.3) is 5.56 Å². The van der Waals surface area contributed by atoms with Gasteiger partial charge in [-0.1, -0.05) is 23.7 Å². The zero-order chi connectivity index (χ0) is 18.1. The van der Waals surface area contributed by atoms with Crippen LogP contribution in [-0.4, -0.2) is 39.3 Å². The molecule has 0 radical (unpaired) electrons. The minimum Gasteiger partial charge on any atom is -0.302 e. The number of nitrogens with zero attached hydrogens (tertiary/aromatic N) is 4. The van der Waals surface area contributed by atoms with Crippen molar-refractivity contribution in [1.29, 1.82) is 0 Å². The van der Waals surface area contributed by atoms with Crippen molar-refractivity contribution in [3.05, 3.63) is 69.2 Å². The average molecular weight is 369 g/mol. The van der Waals surface area contributed by atoms with E-state index < -0.39 is 0 Å². The standard InChI is InChI=1S/C20H21ClN4O/c1-24-11-3-4-16(24)13-25-20(26)19-17(5-2-10-22-19)18(23-25)12-14-6-8-15(21)9-7-14/h2,5-10,16H,3-4,11-13H2,1H3/t16-/m1/s1. The van der Waals surface area contributed by atoms with Gasteiger partial charge in [0.2, 0.25) is 0 Å². The highest BCUT2D eigenvalue weighted by Gasteiger charge is 2.23. The molecule has 4 rings (SSSR count). The van der Waals surface area contributed by atoms with E-state index in [1.165, 1.54) is 6.42 Å². The number of benzene rings is 1. The second-order valence-electron chi connectivity index (χ2n) is 6.91. The van der Waals surface area contributed by atoms with E-state index in [0.717, 1.165) is 29.6 Å². The zero-order valence-electron chi connectivity index (χ0n) is 14.7. The Hall–Kier alpha value is -2.24. The fourth-order valence-corrected chi connectivity index (χ4v) is 3.76. The number of likely N-dealkylation sites (N-methyl/N-ethyl adjacent to an activating group) is 1. The molecule has 1 atom stereocenters. The largest absolute Gasteiger partial charge is 0.302 e. The molecule has 1 aliphatic heterocycles. The zero-order valence-corrected chi connectivity index (χ0v) is 15.5. The monoisotopic (exact) mass is 368 g/mol. The second kappa shape index (κ2) is 7.17. The van der Waals surface area contributed by atoms with Crippen molar-refractivity contribution in [2.24, 2.45) is 0 Å². The number of pyridine rings is 1. The topological polar surface area (TPSA) is 51.0 Å². The average Bonchev–Trinajstić information content (AvgIpc) is 3.05. The lowest BCUT2D eigenvalue weighted by atomic mass is 10.1. The molecule has 0 amide bonds. The highest BCUT2D eigenvalue weighted by atomic mass is 35.5. The SMILES string of the molecule is CN1CCC[C@@H]1Cn1nc(Cc2ccc(Cl)cc2)c2cccnc2c1=O. The Morgan fingerprint density at radius 1 is 1.23 bits per heavy atom. The Morgan fingerprint density at radius 3 is 2.77 bits per heavy atom. The third-order valence-electron chi connectivity index (χ3n) is 5.14. The van der Waals surface area contributed by atoms with Crippen LogP contribution in [0.3, 0.4) is 0 Å². The molecule has 0 unspecified atom stereocenters. The van der Waals surface area contributed by atoms with Gasteiger partial charge < -0.3 is 4.90 Å². The third kappa shape index (κ3) is 3.37. The van der Waals surface area contributed by atoms with E-state index >= 15 is 0 Å². The van der Waals surface area contributed by atoms with Crippen molar-refractivity contribution in [2.75, 3.05) is 13.6 Å². The molecule has 134 valence electrons. The van der Waals surface area contributed by atoms with Gasteiger partial charge in [0.15, 0.2) is 0 Å². The summed E-state index contributed by atoms with van der Waals surface area (Å²) in [5, 5.41) is 6.25. The molecule has 0 spiro atoms. The quantitative estimate of drug-likeness (QED) is 0.710. The van der Waals surface area contributed by atoms with Crippen LogP contribution in [0.2, 0.25) is 5.02 Å². The van der Waals surface area contributed by atoms with Gasteiger partial charge in [0.05, 0.1) is 12.2 Å². The number of hydrogen-bond acceptors (Lipinski definition) is 4. The minimum absolute atomic E-state index is 0.110. The molecule has 2 aromatic heterocycles. The Balaban J connectivity index is 1.76. The van der Waals surface area contributed by atoms with Crippen molar-refractivity contribution in [3.8, 4) is 0 Å². The Kier molecular flexibility index (Phi) is 4.74. The fourth-order valence-electron chi connectivity index (χ4n) is 3.64. The lowest BCUT2D eigenvalue weighted by Crippen LogP contribution is -2.35. The van der Waals surface area contributed by atoms with Crippen LogP contribution in [0.25, 0.3) is 10.9 Å². The molecule has 1 aliphatic rings. The molecule has 26 heavy (non-hydrogen) atoms. The van der Waals surface area contributed by atoms with Crippen molar-refractivity contribution >= 4 is 22.5 Å². The Labute approximate surface area is 157 Å². The van der Waals surface area contributed by atoms with E-state index in [1.807, 2.05) is 36.4 Å². The number of hydrogen-bond donors (Lipinski definition) is 0. The van der Waals surface area contributed by atoms with Gasteiger partial charge in [-0.2, -0.15) is 5.10 Å². The van der Waals surface area contributed by atoms with E-state index in [0.29, 0.717) is 29.5 Å². The molecule has 0 aliphatic carbocycles. The van der Waals surface area contributed by atoms with Gasteiger partial charge in [-0.05, 0) is 56.3 Å². The van der Waals surface area contributed by atoms with Crippen molar-refractivity contribution in [1.82, 2.24) is 19.7 Å². The lowest BCUT2D eigenvalue weighted by Gasteiger charge is -2.20. The summed E-state index contributed by atoms with van der Waals surface area (Å²) in [5.74, 6) is 0. The van der Waals surface area contributed by atoms with E-state index in [4.69, 9.17) is 16.7 Å². The number of halogens is 1. The maximum atomic E-state index is 12.9. The molecule has 0 N–H and O–H groups in total. The summed E-state index contributed by atoms with van der Waals surface area (Å²) >= 11 is 5.99. The van der Waals surface area contributed by atoms with Gasteiger partial charge in [0.1, 0.15) is 5.52 Å². The van der Waals surface area contributed by atoms with E-state index in [9.17, 15) is 4.79 Å². The molecular formula is C20H21ClN4O. The molecular weight excluding hydrogens is 348 g/mol. The van der Waals surface area contributed by atoms with Crippen molar-refractivity contribution in [3.63, 3.8) is 0 Å². The summed E-state index contributed by atoms with van der Waals surface area (Å²) in [6.45, 7) is 1.68. The summed E-state index contributed by atoms with van der Waals surface area (Å²) in [5.41, 5.74) is 2.36. The van der Waals surface area contributed by atoms with E-state index in [1.54, 1.807) is 10.9 Å². The first-order valence-corrected chi connectivity index (χ1v) is 9.29. The highest BCUT2D eigenvalue weighted by molar-refractivity contribution is 6.30. The van der Waals surface area contributed by atoms with Crippen molar-refractivity contribution in [2.45, 2.75) is 31.8 Å². The minimum atomic E-state index is -0.110. The first kappa shape index (κ1) is 17.2. The van der Waals surface area contributed by atoms with Gasteiger partial charge in [-0.3, -0.25) is 9.78 Å². The van der Waals surface area contributed by atoms with Gasteiger partial charge in [0, 0.05) is 29.1 Å². The Morgan fingerprint density at radius 2 is 2.04 bits per heavy atom. The van der Waals surface area contributed by atoms with Gasteiger partial charge in [-0.15, -0.1) is 0 Å². The molecule has 0 saturated carbocycles. The molecule has 1 saturated heterocycles. The summed E-state index contributed by atoms with van der Waals surface area (Å²) in [4.78, 5) is 19.5. The van der Waals surface area contributed by atoms with Crippen LogP contribution in [0.4, 0.5) is 0 Å². The maximum Gasteiger partial charge on any atom is 0.293 e. The molecule has 6 heteroatoms. The normalized spacial score (nSPS) is 17.8. The first-order chi connectivity index (χ1) is 12.6. The van der Waals surface area contributed by atoms with Gasteiger partial charge in [-0.25, -0.2) is 4.68 Å². The van der Waals surface area contributed by atoms with Crippen LogP contribution in [0, 0.1) is 0 Å². The predicted octanol–water partition coefficient (Wildman–Crippen LogP) is 3.13. The van der Waals surface area contributed by atoms with Gasteiger partial charge >= 0.3 is 0 Å². The molecule has 3 heterocycles. The van der Waals surface area contributed by atoms with Crippen LogP contribution in [0.1, 0.15) is 24.1 Å². The highest BCUT2D eigenvalue weighted by Crippen LogP contribution is 2.19. The van der Waals surface area contributed by atoms with Crippen molar-refractivity contribution < 1.29 is 0 Å². The number of aromatic nitrogens is 3. The molecule has 0 bridgehead atoms. The smallest absolute Gasteiger partial charge is 0.293 e. The lowest BCUT2D eigenvalue weighted by molar-refractivity contribution is 0.270. The summed E-state index contributed by atoms with van der Waals surface area (Å²) < 4.78 is 1.60. The maximum absolute atomic E-state index is 12.9. The number of fused-ring (bicyclic) bond motifs is 1. The summed E-state index contributed by atoms with van der Waals surface area (Å²) in [6.07, 6.45) is 4.57. The number of rotatable bonds is 4. The van der Waals surface area contributed by atoms with E-state index in [2.05, 4.69) is 16.9 Å². The first-order valence-electron chi connectivity index (χ1n) is 8.91. The molecule has 3 aromatic rings. The van der Waals surface area contributed by atoms with E-state index in [-0.39, 0.29) is 5.56 Å². The van der Waals surface area contributed by atoms with Crippen LogP contribution in [0.5, 0.6) is 0 Å². The predicted molar refractivity (Wildman–Crippen MR) is 104 cm³/mol.